The molecule has 1 rings (SSSR count). The zero-order chi connectivity index (χ0) is 16.0. The summed E-state index contributed by atoms with van der Waals surface area (Å²) in [6.07, 6.45) is 1.01. The smallest absolute Gasteiger partial charge is 0.343 e. The number of rotatable bonds is 7. The fourth-order valence-electron chi connectivity index (χ4n) is 1.78. The Bertz CT molecular complexity index is 575. The average Bonchev–Trinajstić information content (AvgIpc) is 2.51. The molecule has 0 saturated carbocycles. The molecule has 0 saturated heterocycles. The molecule has 0 amide bonds. The summed E-state index contributed by atoms with van der Waals surface area (Å²) in [7, 11) is 5.24. The summed E-state index contributed by atoms with van der Waals surface area (Å²) in [6, 6.07) is 0. The second-order valence-electron chi connectivity index (χ2n) is 3.95. The number of nitrogens with zero attached hydrogens (tertiary/aromatic N) is 1. The normalized spacial score (nSPS) is 10.5. The number of carbonyl (C=O) groups excluding carboxylic acids is 2. The third-order valence-corrected chi connectivity index (χ3v) is 2.87. The lowest BCUT2D eigenvalue weighted by molar-refractivity contribution is -0.111. The van der Waals surface area contributed by atoms with Gasteiger partial charge in [-0.25, -0.2) is 4.79 Å². The molecule has 0 N–H and O–H groups in total. The van der Waals surface area contributed by atoms with Crippen LogP contribution < -0.4 is 10.2 Å². The second-order valence-corrected chi connectivity index (χ2v) is 3.95. The van der Waals surface area contributed by atoms with Gasteiger partial charge in [0.1, 0.15) is 11.3 Å². The number of pyridine rings is 1. The maximum atomic E-state index is 12.1. The molecule has 1 aromatic rings. The number of methoxy groups -OCH3 is 4. The van der Waals surface area contributed by atoms with Crippen molar-refractivity contribution < 1.29 is 28.5 Å². The van der Waals surface area contributed by atoms with E-state index < -0.39 is 17.7 Å². The van der Waals surface area contributed by atoms with Crippen molar-refractivity contribution in [2.24, 2.45) is 0 Å². The van der Waals surface area contributed by atoms with Gasteiger partial charge < -0.3 is 23.5 Å². The molecule has 0 aliphatic heterocycles. The Labute approximate surface area is 121 Å². The molecule has 0 aromatic carbocycles. The Morgan fingerprint density at radius 1 is 1.29 bits per heavy atom. The fourth-order valence-corrected chi connectivity index (χ4v) is 1.78. The first-order valence-corrected chi connectivity index (χ1v) is 5.94. The minimum absolute atomic E-state index is 0.0192. The van der Waals surface area contributed by atoms with E-state index in [0.717, 1.165) is 7.11 Å². The van der Waals surface area contributed by atoms with Gasteiger partial charge in [0.2, 0.25) is 5.43 Å². The number of hydrogen-bond acceptors (Lipinski definition) is 7. The third kappa shape index (κ3) is 3.47. The maximum Gasteiger partial charge on any atom is 0.343 e. The predicted octanol–water partition coefficient (Wildman–Crippen LogP) is 0.0749. The third-order valence-electron chi connectivity index (χ3n) is 2.87. The molecule has 0 unspecified atom stereocenters. The van der Waals surface area contributed by atoms with Crippen LogP contribution in [0.15, 0.2) is 11.0 Å². The Hall–Kier alpha value is -2.19. The topological polar surface area (TPSA) is 93.1 Å². The highest BCUT2D eigenvalue weighted by molar-refractivity contribution is 5.90. The van der Waals surface area contributed by atoms with Crippen LogP contribution in [0.25, 0.3) is 0 Å². The summed E-state index contributed by atoms with van der Waals surface area (Å²) in [6.45, 7) is 0.0850. The first-order chi connectivity index (χ1) is 10.0. The monoisotopic (exact) mass is 299 g/mol. The van der Waals surface area contributed by atoms with Crippen molar-refractivity contribution in [2.75, 3.05) is 28.4 Å². The van der Waals surface area contributed by atoms with Gasteiger partial charge in [-0.2, -0.15) is 0 Å². The number of aldehydes is 1. The lowest BCUT2D eigenvalue weighted by Gasteiger charge is -2.19. The van der Waals surface area contributed by atoms with Gasteiger partial charge in [-0.1, -0.05) is 0 Å². The van der Waals surface area contributed by atoms with Crippen molar-refractivity contribution in [3.63, 3.8) is 0 Å². The molecule has 21 heavy (non-hydrogen) atoms. The summed E-state index contributed by atoms with van der Waals surface area (Å²) in [4.78, 5) is 35.0. The Kier molecular flexibility index (Phi) is 6.07. The van der Waals surface area contributed by atoms with Crippen molar-refractivity contribution in [3.05, 3.63) is 27.7 Å². The summed E-state index contributed by atoms with van der Waals surface area (Å²) in [5.74, 6) is -1.06. The van der Waals surface area contributed by atoms with Crippen LogP contribution in [0.3, 0.4) is 0 Å². The van der Waals surface area contributed by atoms with Gasteiger partial charge in [-0.15, -0.1) is 0 Å². The lowest BCUT2D eigenvalue weighted by atomic mass is 10.2. The van der Waals surface area contributed by atoms with Crippen molar-refractivity contribution in [1.82, 2.24) is 4.57 Å². The first-order valence-electron chi connectivity index (χ1n) is 5.94. The summed E-state index contributed by atoms with van der Waals surface area (Å²) >= 11 is 0. The molecule has 0 aliphatic rings. The lowest BCUT2D eigenvalue weighted by Crippen LogP contribution is -2.28. The van der Waals surface area contributed by atoms with Crippen LogP contribution in [0.2, 0.25) is 0 Å². The van der Waals surface area contributed by atoms with E-state index in [9.17, 15) is 14.4 Å². The quantitative estimate of drug-likeness (QED) is 0.399. The zero-order valence-corrected chi connectivity index (χ0v) is 12.2. The predicted molar refractivity (Wildman–Crippen MR) is 71.8 cm³/mol. The number of carbonyl (C=O) groups is 2. The molecule has 0 aliphatic carbocycles. The molecule has 116 valence electrons. The van der Waals surface area contributed by atoms with Gasteiger partial charge in [0.15, 0.2) is 18.3 Å². The number of hydrogen-bond donors (Lipinski definition) is 0. The van der Waals surface area contributed by atoms with E-state index in [1.54, 1.807) is 0 Å². The molecule has 0 fully saturated rings. The largest absolute Gasteiger partial charge is 0.491 e. The van der Waals surface area contributed by atoms with Crippen molar-refractivity contribution in [1.29, 1.82) is 0 Å². The Morgan fingerprint density at radius 3 is 2.33 bits per heavy atom. The van der Waals surface area contributed by atoms with Gasteiger partial charge in [0.25, 0.3) is 0 Å². The second kappa shape index (κ2) is 7.55. The summed E-state index contributed by atoms with van der Waals surface area (Å²) < 4.78 is 20.9. The fraction of sp³-hybridized carbons (Fsp3) is 0.462. The van der Waals surface area contributed by atoms with E-state index in [2.05, 4.69) is 4.74 Å². The number of aromatic nitrogens is 1. The van der Waals surface area contributed by atoms with Crippen molar-refractivity contribution in [2.45, 2.75) is 12.8 Å². The van der Waals surface area contributed by atoms with E-state index in [1.165, 1.54) is 32.1 Å². The highest BCUT2D eigenvalue weighted by atomic mass is 16.7. The molecular weight excluding hydrogens is 282 g/mol. The molecule has 0 spiro atoms. The Balaban J connectivity index is 3.50. The van der Waals surface area contributed by atoms with Crippen LogP contribution in [0, 0.1) is 0 Å². The van der Waals surface area contributed by atoms with E-state index in [4.69, 9.17) is 14.2 Å². The van der Waals surface area contributed by atoms with Gasteiger partial charge in [0, 0.05) is 20.4 Å². The zero-order valence-electron chi connectivity index (χ0n) is 12.2. The molecule has 8 nitrogen and oxygen atoms in total. The van der Waals surface area contributed by atoms with Gasteiger partial charge in [-0.05, 0) is 0 Å². The van der Waals surface area contributed by atoms with Crippen LogP contribution >= 0.6 is 0 Å². The molecule has 1 aromatic heterocycles. The molecule has 0 atom stereocenters. The minimum atomic E-state index is -0.823. The highest BCUT2D eigenvalue weighted by Crippen LogP contribution is 2.15. The Morgan fingerprint density at radius 2 is 1.90 bits per heavy atom. The highest BCUT2D eigenvalue weighted by Gasteiger charge is 2.22. The van der Waals surface area contributed by atoms with Crippen LogP contribution in [0.5, 0.6) is 5.75 Å². The molecule has 8 heteroatoms. The maximum absolute atomic E-state index is 12.1. The van der Waals surface area contributed by atoms with E-state index in [-0.39, 0.29) is 23.6 Å². The van der Waals surface area contributed by atoms with E-state index in [0.29, 0.717) is 6.29 Å². The van der Waals surface area contributed by atoms with Crippen LogP contribution in [0.1, 0.15) is 20.8 Å². The molecular formula is C13H17NO7. The van der Waals surface area contributed by atoms with E-state index >= 15 is 0 Å². The molecule has 1 heterocycles. The standard InChI is InChI=1S/C13H17NO7/c1-18-10(19-2)6-14-5-8(13(17)21-4)11(16)12(20-3)9(14)7-15/h5,7,10H,6H2,1-4H3. The first kappa shape index (κ1) is 16.9. The van der Waals surface area contributed by atoms with Gasteiger partial charge >= 0.3 is 5.97 Å². The summed E-state index contributed by atoms with van der Waals surface area (Å²) in [5, 5.41) is 0. The number of ether oxygens (including phenoxy) is 4. The average molecular weight is 299 g/mol. The SMILES string of the molecule is COC(=O)c1cn(CC(OC)OC)c(C=O)c(OC)c1=O. The van der Waals surface area contributed by atoms with E-state index in [1.807, 2.05) is 0 Å². The van der Waals surface area contributed by atoms with Crippen molar-refractivity contribution >= 4 is 12.3 Å². The van der Waals surface area contributed by atoms with Gasteiger partial charge in [-0.3, -0.25) is 9.59 Å². The molecule has 0 radical (unpaired) electrons. The summed E-state index contributed by atoms with van der Waals surface area (Å²) in [5.41, 5.74) is -0.978. The minimum Gasteiger partial charge on any atom is -0.491 e. The van der Waals surface area contributed by atoms with Crippen LogP contribution in [0.4, 0.5) is 0 Å². The van der Waals surface area contributed by atoms with Gasteiger partial charge in [0.05, 0.1) is 20.8 Å². The van der Waals surface area contributed by atoms with Crippen LogP contribution in [-0.4, -0.2) is 51.6 Å². The van der Waals surface area contributed by atoms with Crippen LogP contribution in [-0.2, 0) is 20.8 Å². The molecule has 0 bridgehead atoms. The van der Waals surface area contributed by atoms with Crippen molar-refractivity contribution in [3.8, 4) is 5.75 Å². The number of esters is 1.